The SMILES string of the molecule is CC1CN(C)CC(N(N)C(N)=O)N1N(N)C(N)=O. The van der Waals surface area contributed by atoms with Crippen molar-refractivity contribution in [3.8, 4) is 0 Å². The van der Waals surface area contributed by atoms with Crippen LogP contribution in [0.25, 0.3) is 0 Å². The Labute approximate surface area is 105 Å². The molecule has 2 unspecified atom stereocenters. The summed E-state index contributed by atoms with van der Waals surface area (Å²) in [5, 5.41) is 3.02. The zero-order chi connectivity index (χ0) is 14.0. The lowest BCUT2D eigenvalue weighted by molar-refractivity contribution is -0.134. The molecular formula is C8H20N8O2. The highest BCUT2D eigenvalue weighted by molar-refractivity contribution is 5.72. The second kappa shape index (κ2) is 5.35. The minimum atomic E-state index is -0.839. The van der Waals surface area contributed by atoms with Gasteiger partial charge in [-0.05, 0) is 14.0 Å². The molecule has 10 heteroatoms. The van der Waals surface area contributed by atoms with Crippen molar-refractivity contribution in [1.29, 1.82) is 0 Å². The van der Waals surface area contributed by atoms with Gasteiger partial charge in [-0.25, -0.2) is 26.3 Å². The third-order valence-electron chi connectivity index (χ3n) is 2.86. The van der Waals surface area contributed by atoms with E-state index in [-0.39, 0.29) is 6.04 Å². The van der Waals surface area contributed by atoms with Crippen molar-refractivity contribution in [2.75, 3.05) is 20.1 Å². The highest BCUT2D eigenvalue weighted by Crippen LogP contribution is 2.17. The molecule has 0 aromatic heterocycles. The highest BCUT2D eigenvalue weighted by atomic mass is 16.2. The fourth-order valence-electron chi connectivity index (χ4n) is 2.10. The molecule has 1 fully saturated rings. The molecule has 0 spiro atoms. The molecule has 1 aliphatic rings. The summed E-state index contributed by atoms with van der Waals surface area (Å²) in [6, 6.07) is -1.81. The van der Waals surface area contributed by atoms with Gasteiger partial charge in [0.15, 0.2) is 0 Å². The molecule has 8 N–H and O–H groups in total. The molecule has 2 atom stereocenters. The summed E-state index contributed by atoms with van der Waals surface area (Å²) in [5.41, 5.74) is 10.3. The van der Waals surface area contributed by atoms with Gasteiger partial charge >= 0.3 is 12.1 Å². The lowest BCUT2D eigenvalue weighted by Crippen LogP contribution is -2.72. The lowest BCUT2D eigenvalue weighted by atomic mass is 10.2. The molecule has 0 aromatic rings. The number of primary amides is 2. The smallest absolute Gasteiger partial charge is 0.344 e. The number of amides is 4. The van der Waals surface area contributed by atoms with E-state index in [1.807, 2.05) is 18.9 Å². The fraction of sp³-hybridized carbons (Fsp3) is 0.750. The summed E-state index contributed by atoms with van der Waals surface area (Å²) in [4.78, 5) is 24.3. The van der Waals surface area contributed by atoms with Crippen molar-refractivity contribution in [2.45, 2.75) is 19.1 Å². The van der Waals surface area contributed by atoms with Crippen molar-refractivity contribution < 1.29 is 9.59 Å². The Morgan fingerprint density at radius 3 is 2.17 bits per heavy atom. The molecule has 1 rings (SSSR count). The van der Waals surface area contributed by atoms with Crippen LogP contribution in [0.4, 0.5) is 9.59 Å². The van der Waals surface area contributed by atoms with Gasteiger partial charge in [0.05, 0.1) is 0 Å². The van der Waals surface area contributed by atoms with Crippen LogP contribution < -0.4 is 23.2 Å². The van der Waals surface area contributed by atoms with Gasteiger partial charge in [-0.15, -0.1) is 0 Å². The van der Waals surface area contributed by atoms with Crippen LogP contribution in [0.3, 0.4) is 0 Å². The number of hydrogen-bond acceptors (Lipinski definition) is 6. The van der Waals surface area contributed by atoms with E-state index in [9.17, 15) is 9.59 Å². The Morgan fingerprint density at radius 1 is 1.17 bits per heavy atom. The van der Waals surface area contributed by atoms with Gasteiger partial charge in [0.2, 0.25) is 0 Å². The highest BCUT2D eigenvalue weighted by Gasteiger charge is 2.39. The number of carbonyl (C=O) groups is 2. The molecule has 18 heavy (non-hydrogen) atoms. The average Bonchev–Trinajstić information content (AvgIpc) is 2.25. The summed E-state index contributed by atoms with van der Waals surface area (Å²) in [7, 11) is 1.86. The van der Waals surface area contributed by atoms with E-state index >= 15 is 0 Å². The van der Waals surface area contributed by atoms with E-state index in [2.05, 4.69) is 0 Å². The first-order chi connectivity index (χ1) is 8.25. The Morgan fingerprint density at radius 2 is 1.72 bits per heavy atom. The van der Waals surface area contributed by atoms with E-state index in [1.165, 1.54) is 5.01 Å². The van der Waals surface area contributed by atoms with Crippen molar-refractivity contribution in [2.24, 2.45) is 23.2 Å². The first-order valence-corrected chi connectivity index (χ1v) is 5.40. The first kappa shape index (κ1) is 14.4. The molecule has 10 nitrogen and oxygen atoms in total. The molecule has 0 bridgehead atoms. The van der Waals surface area contributed by atoms with Crippen LogP contribution in [0.5, 0.6) is 0 Å². The van der Waals surface area contributed by atoms with Crippen molar-refractivity contribution >= 4 is 12.1 Å². The van der Waals surface area contributed by atoms with Gasteiger partial charge in [-0.2, -0.15) is 10.1 Å². The first-order valence-electron chi connectivity index (χ1n) is 5.40. The van der Waals surface area contributed by atoms with E-state index in [4.69, 9.17) is 23.2 Å². The Balaban J connectivity index is 2.99. The maximum atomic E-state index is 11.2. The third kappa shape index (κ3) is 2.79. The largest absolute Gasteiger partial charge is 0.350 e. The minimum absolute atomic E-state index is 0.156. The number of nitrogens with zero attached hydrogens (tertiary/aromatic N) is 4. The maximum absolute atomic E-state index is 11.2. The predicted molar refractivity (Wildman–Crippen MR) is 63.8 cm³/mol. The number of urea groups is 2. The fourth-order valence-corrected chi connectivity index (χ4v) is 2.10. The van der Waals surface area contributed by atoms with Crippen molar-refractivity contribution in [1.82, 2.24) is 20.0 Å². The van der Waals surface area contributed by atoms with Crippen LogP contribution in [0, 0.1) is 0 Å². The van der Waals surface area contributed by atoms with E-state index in [0.29, 0.717) is 13.1 Å². The minimum Gasteiger partial charge on any atom is -0.350 e. The average molecular weight is 260 g/mol. The number of hydrazine groups is 3. The zero-order valence-electron chi connectivity index (χ0n) is 10.5. The summed E-state index contributed by atoms with van der Waals surface area (Å²) in [6.45, 7) is 2.87. The summed E-state index contributed by atoms with van der Waals surface area (Å²) < 4.78 is 0. The Bertz CT molecular complexity index is 337. The number of piperazine rings is 1. The molecule has 0 radical (unpaired) electrons. The molecule has 1 heterocycles. The second-order valence-corrected chi connectivity index (χ2v) is 4.36. The summed E-state index contributed by atoms with van der Waals surface area (Å²) in [5.74, 6) is 11.2. The molecule has 1 aliphatic heterocycles. The van der Waals surface area contributed by atoms with Gasteiger partial charge < -0.3 is 16.4 Å². The monoisotopic (exact) mass is 260 g/mol. The van der Waals surface area contributed by atoms with Crippen LogP contribution in [-0.4, -0.2) is 64.4 Å². The van der Waals surface area contributed by atoms with E-state index in [1.54, 1.807) is 0 Å². The molecule has 0 aliphatic carbocycles. The maximum Gasteiger partial charge on any atom is 0.344 e. The van der Waals surface area contributed by atoms with Crippen LogP contribution >= 0.6 is 0 Å². The molecule has 0 aromatic carbocycles. The molecule has 4 amide bonds. The van der Waals surface area contributed by atoms with Gasteiger partial charge in [0.25, 0.3) is 0 Å². The standard InChI is InChI=1S/C8H20N8O2/c1-5-3-13(2)4-6(14(11)7(9)17)15(5)16(12)8(10)18/h5-6H,3-4,11-12H2,1-2H3,(H2,9,17)(H2,10,18). The van der Waals surface area contributed by atoms with Crippen LogP contribution in [0.2, 0.25) is 0 Å². The van der Waals surface area contributed by atoms with Gasteiger partial charge in [0, 0.05) is 19.1 Å². The molecular weight excluding hydrogens is 240 g/mol. The van der Waals surface area contributed by atoms with Gasteiger partial charge in [0.1, 0.15) is 6.17 Å². The molecule has 104 valence electrons. The number of nitrogens with two attached hydrogens (primary N) is 4. The normalized spacial score (nSPS) is 25.8. The second-order valence-electron chi connectivity index (χ2n) is 4.36. The Hall–Kier alpha value is -1.62. The van der Waals surface area contributed by atoms with Gasteiger partial charge in [-0.3, -0.25) is 0 Å². The number of rotatable bonds is 2. The quantitative estimate of drug-likeness (QED) is 0.242. The topological polar surface area (TPSA) is 151 Å². The molecule has 1 saturated heterocycles. The summed E-state index contributed by atoms with van der Waals surface area (Å²) in [6.07, 6.45) is -0.659. The Kier molecular flexibility index (Phi) is 4.29. The number of carbonyl (C=O) groups excluding carboxylic acids is 2. The summed E-state index contributed by atoms with van der Waals surface area (Å²) >= 11 is 0. The van der Waals surface area contributed by atoms with Crippen LogP contribution in [-0.2, 0) is 0 Å². The van der Waals surface area contributed by atoms with Crippen LogP contribution in [0.15, 0.2) is 0 Å². The number of hydrogen-bond donors (Lipinski definition) is 4. The van der Waals surface area contributed by atoms with Crippen molar-refractivity contribution in [3.63, 3.8) is 0 Å². The van der Waals surface area contributed by atoms with Crippen LogP contribution in [0.1, 0.15) is 6.92 Å². The van der Waals surface area contributed by atoms with Gasteiger partial charge in [-0.1, -0.05) is 0 Å². The zero-order valence-corrected chi connectivity index (χ0v) is 10.5. The number of likely N-dealkylation sites (N-methyl/N-ethyl adjacent to an activating group) is 1. The van der Waals surface area contributed by atoms with Crippen molar-refractivity contribution in [3.05, 3.63) is 0 Å². The predicted octanol–water partition coefficient (Wildman–Crippen LogP) is -2.63. The lowest BCUT2D eigenvalue weighted by Gasteiger charge is -2.48. The van der Waals surface area contributed by atoms with E-state index in [0.717, 1.165) is 10.1 Å². The van der Waals surface area contributed by atoms with E-state index < -0.39 is 18.2 Å². The molecule has 0 saturated carbocycles. The third-order valence-corrected chi connectivity index (χ3v) is 2.86.